The van der Waals surface area contributed by atoms with Crippen molar-refractivity contribution in [3.8, 4) is 5.75 Å². The van der Waals surface area contributed by atoms with Gasteiger partial charge in [0.2, 0.25) is 5.91 Å². The molecule has 0 aliphatic carbocycles. The molecule has 2 rings (SSSR count). The summed E-state index contributed by atoms with van der Waals surface area (Å²) in [5.41, 5.74) is 2.59. The van der Waals surface area contributed by atoms with E-state index >= 15 is 0 Å². The summed E-state index contributed by atoms with van der Waals surface area (Å²) in [6, 6.07) is 10.3. The van der Waals surface area contributed by atoms with E-state index < -0.39 is 17.8 Å². The molecule has 0 fully saturated rings. The van der Waals surface area contributed by atoms with Crippen LogP contribution in [0.4, 0.5) is 0 Å². The molecule has 0 unspecified atom stereocenters. The van der Waals surface area contributed by atoms with E-state index in [1.54, 1.807) is 0 Å². The van der Waals surface area contributed by atoms with Crippen molar-refractivity contribution in [2.75, 3.05) is 26.3 Å². The Labute approximate surface area is 197 Å². The zero-order chi connectivity index (χ0) is 23.7. The van der Waals surface area contributed by atoms with Gasteiger partial charge in [-0.2, -0.15) is 0 Å². The van der Waals surface area contributed by atoms with Crippen molar-refractivity contribution in [2.45, 2.75) is 26.7 Å². The standard InChI is InChI=1S/C23H26Cl2N2O5/c1-14(2)18-7-5-17(10-15(18)3)31-8-9-32-22(29)13-26-21(28)12-27-23(30)19-6-4-16(24)11-20(19)25/h4-7,10-11,14H,8-9,12-13H2,1-3H3,(H,26,28)(H,27,30). The summed E-state index contributed by atoms with van der Waals surface area (Å²) in [5, 5.41) is 5.36. The Morgan fingerprint density at radius 2 is 1.72 bits per heavy atom. The Morgan fingerprint density at radius 1 is 0.969 bits per heavy atom. The van der Waals surface area contributed by atoms with Crippen molar-refractivity contribution in [1.82, 2.24) is 10.6 Å². The van der Waals surface area contributed by atoms with Gasteiger partial charge in [0.05, 0.1) is 17.1 Å². The summed E-state index contributed by atoms with van der Waals surface area (Å²) in [5.74, 6) is -0.549. The fourth-order valence-corrected chi connectivity index (χ4v) is 3.41. The number of hydrogen-bond donors (Lipinski definition) is 2. The average Bonchev–Trinajstić information content (AvgIpc) is 2.73. The molecule has 32 heavy (non-hydrogen) atoms. The average molecular weight is 481 g/mol. The predicted molar refractivity (Wildman–Crippen MR) is 124 cm³/mol. The van der Waals surface area contributed by atoms with Crippen LogP contribution in [0.2, 0.25) is 10.0 Å². The van der Waals surface area contributed by atoms with Gasteiger partial charge < -0.3 is 20.1 Å². The zero-order valence-electron chi connectivity index (χ0n) is 18.2. The molecule has 0 spiro atoms. The number of carbonyl (C=O) groups is 3. The summed E-state index contributed by atoms with van der Waals surface area (Å²) < 4.78 is 10.6. The molecule has 0 aromatic heterocycles. The fraction of sp³-hybridized carbons (Fsp3) is 0.348. The first-order valence-corrected chi connectivity index (χ1v) is 10.8. The minimum absolute atomic E-state index is 0.0471. The third-order valence-electron chi connectivity index (χ3n) is 4.49. The second kappa shape index (κ2) is 12.3. The van der Waals surface area contributed by atoms with Crippen LogP contribution in [0.5, 0.6) is 5.75 Å². The van der Waals surface area contributed by atoms with Crippen LogP contribution in [0, 0.1) is 6.92 Å². The lowest BCUT2D eigenvalue weighted by molar-refractivity contribution is -0.144. The number of ether oxygens (including phenoxy) is 2. The molecule has 0 saturated carbocycles. The lowest BCUT2D eigenvalue weighted by Gasteiger charge is -2.12. The first kappa shape index (κ1) is 25.5. The number of hydrogen-bond acceptors (Lipinski definition) is 5. The van der Waals surface area contributed by atoms with E-state index in [9.17, 15) is 14.4 Å². The van der Waals surface area contributed by atoms with Gasteiger partial charge in [0.15, 0.2) is 0 Å². The van der Waals surface area contributed by atoms with Crippen molar-refractivity contribution < 1.29 is 23.9 Å². The second-order valence-corrected chi connectivity index (χ2v) is 8.17. The number of aryl methyl sites for hydroxylation is 1. The molecular weight excluding hydrogens is 455 g/mol. The van der Waals surface area contributed by atoms with Gasteiger partial charge in [0.25, 0.3) is 5.91 Å². The lowest BCUT2D eigenvalue weighted by atomic mass is 9.98. The van der Waals surface area contributed by atoms with Crippen LogP contribution in [-0.4, -0.2) is 44.1 Å². The molecule has 0 bridgehead atoms. The molecule has 0 atom stereocenters. The molecule has 0 aliphatic heterocycles. The van der Waals surface area contributed by atoms with Crippen LogP contribution in [0.1, 0.15) is 41.3 Å². The Hall–Kier alpha value is -2.77. The van der Waals surface area contributed by atoms with E-state index in [-0.39, 0.29) is 36.9 Å². The highest BCUT2D eigenvalue weighted by Crippen LogP contribution is 2.23. The third-order valence-corrected chi connectivity index (χ3v) is 5.04. The fourth-order valence-electron chi connectivity index (χ4n) is 2.91. The van der Waals surface area contributed by atoms with Gasteiger partial charge in [-0.1, -0.05) is 43.1 Å². The molecule has 172 valence electrons. The van der Waals surface area contributed by atoms with Crippen LogP contribution in [0.25, 0.3) is 0 Å². The van der Waals surface area contributed by atoms with Crippen LogP contribution in [0.15, 0.2) is 36.4 Å². The maximum atomic E-state index is 12.1. The van der Waals surface area contributed by atoms with Gasteiger partial charge in [-0.15, -0.1) is 0 Å². The van der Waals surface area contributed by atoms with Gasteiger partial charge in [-0.25, -0.2) is 0 Å². The molecule has 2 amide bonds. The molecule has 2 N–H and O–H groups in total. The normalized spacial score (nSPS) is 10.6. The molecule has 0 saturated heterocycles. The molecule has 2 aromatic carbocycles. The van der Waals surface area contributed by atoms with Gasteiger partial charge >= 0.3 is 5.97 Å². The van der Waals surface area contributed by atoms with E-state index in [1.807, 2.05) is 25.1 Å². The molecule has 0 heterocycles. The molecule has 0 aliphatic rings. The first-order valence-electron chi connectivity index (χ1n) is 10.1. The SMILES string of the molecule is Cc1cc(OCCOC(=O)CNC(=O)CNC(=O)c2ccc(Cl)cc2Cl)ccc1C(C)C. The van der Waals surface area contributed by atoms with Crippen molar-refractivity contribution >= 4 is 41.0 Å². The number of rotatable bonds is 10. The number of halogens is 2. The van der Waals surface area contributed by atoms with Crippen molar-refractivity contribution in [3.63, 3.8) is 0 Å². The molecule has 0 radical (unpaired) electrons. The minimum Gasteiger partial charge on any atom is -0.490 e. The molecular formula is C23H26Cl2N2O5. The summed E-state index contributed by atoms with van der Waals surface area (Å²) in [7, 11) is 0. The number of carbonyl (C=O) groups excluding carboxylic acids is 3. The number of amides is 2. The van der Waals surface area contributed by atoms with E-state index in [0.29, 0.717) is 16.7 Å². The van der Waals surface area contributed by atoms with Gasteiger partial charge in [-0.05, 0) is 54.3 Å². The van der Waals surface area contributed by atoms with Gasteiger partial charge in [-0.3, -0.25) is 14.4 Å². The third kappa shape index (κ3) is 8.05. The topological polar surface area (TPSA) is 93.7 Å². The van der Waals surface area contributed by atoms with Crippen molar-refractivity contribution in [2.24, 2.45) is 0 Å². The van der Waals surface area contributed by atoms with Gasteiger partial charge in [0.1, 0.15) is 25.5 Å². The van der Waals surface area contributed by atoms with Gasteiger partial charge in [0, 0.05) is 5.02 Å². The predicted octanol–water partition coefficient (Wildman–Crippen LogP) is 3.89. The minimum atomic E-state index is -0.611. The number of benzene rings is 2. The monoisotopic (exact) mass is 480 g/mol. The van der Waals surface area contributed by atoms with E-state index in [1.165, 1.54) is 23.8 Å². The van der Waals surface area contributed by atoms with E-state index in [4.69, 9.17) is 32.7 Å². The highest BCUT2D eigenvalue weighted by atomic mass is 35.5. The highest BCUT2D eigenvalue weighted by molar-refractivity contribution is 6.36. The second-order valence-electron chi connectivity index (χ2n) is 7.33. The molecule has 2 aromatic rings. The first-order chi connectivity index (χ1) is 15.2. The lowest BCUT2D eigenvalue weighted by Crippen LogP contribution is -2.39. The number of nitrogens with one attached hydrogen (secondary N) is 2. The highest BCUT2D eigenvalue weighted by Gasteiger charge is 2.13. The van der Waals surface area contributed by atoms with Crippen LogP contribution >= 0.6 is 23.2 Å². The van der Waals surface area contributed by atoms with Crippen molar-refractivity contribution in [3.05, 3.63) is 63.1 Å². The molecule has 9 heteroatoms. The summed E-state index contributed by atoms with van der Waals surface area (Å²) in [6.07, 6.45) is 0. The Kier molecular flexibility index (Phi) is 9.81. The maximum absolute atomic E-state index is 12.1. The summed E-state index contributed by atoms with van der Waals surface area (Å²) >= 11 is 11.7. The van der Waals surface area contributed by atoms with Crippen LogP contribution < -0.4 is 15.4 Å². The number of esters is 1. The zero-order valence-corrected chi connectivity index (χ0v) is 19.7. The Bertz CT molecular complexity index is 979. The van der Waals surface area contributed by atoms with Crippen LogP contribution in [-0.2, 0) is 14.3 Å². The maximum Gasteiger partial charge on any atom is 0.325 e. The summed E-state index contributed by atoms with van der Waals surface area (Å²) in [6.45, 7) is 5.88. The Balaban J connectivity index is 1.63. The molecule has 7 nitrogen and oxygen atoms in total. The largest absolute Gasteiger partial charge is 0.490 e. The smallest absolute Gasteiger partial charge is 0.325 e. The van der Waals surface area contributed by atoms with Crippen LogP contribution in [0.3, 0.4) is 0 Å². The van der Waals surface area contributed by atoms with Crippen molar-refractivity contribution in [1.29, 1.82) is 0 Å². The Morgan fingerprint density at radius 3 is 2.38 bits per heavy atom. The summed E-state index contributed by atoms with van der Waals surface area (Å²) in [4.78, 5) is 35.7. The quantitative estimate of drug-likeness (QED) is 0.397. The van der Waals surface area contributed by atoms with E-state index in [2.05, 4.69) is 24.5 Å². The van der Waals surface area contributed by atoms with E-state index in [0.717, 1.165) is 5.56 Å².